The second kappa shape index (κ2) is 4.29. The summed E-state index contributed by atoms with van der Waals surface area (Å²) in [5.41, 5.74) is 0. The third kappa shape index (κ3) is 3.93. The molecule has 1 amide bonds. The van der Waals surface area contributed by atoms with Crippen molar-refractivity contribution in [1.82, 2.24) is 5.32 Å². The van der Waals surface area contributed by atoms with Gasteiger partial charge in [0.2, 0.25) is 5.91 Å². The van der Waals surface area contributed by atoms with E-state index in [0.717, 1.165) is 0 Å². The maximum Gasteiger partial charge on any atom is 0.224 e. The van der Waals surface area contributed by atoms with Crippen molar-refractivity contribution in [2.24, 2.45) is 0 Å². The normalized spacial score (nSPS) is 12.8. The lowest BCUT2D eigenvalue weighted by molar-refractivity contribution is -0.132. The van der Waals surface area contributed by atoms with Crippen LogP contribution in [0.1, 0.15) is 6.42 Å². The minimum atomic E-state index is -0.982. The van der Waals surface area contributed by atoms with Crippen molar-refractivity contribution in [3.8, 4) is 0 Å². The Bertz CT molecular complexity index is 94.2. The predicted octanol–water partition coefficient (Wildman–Crippen LogP) is -0.913. The molecule has 0 spiro atoms. The lowest BCUT2D eigenvalue weighted by Crippen LogP contribution is -2.24. The van der Waals surface area contributed by atoms with Gasteiger partial charge in [0.25, 0.3) is 0 Å². The van der Waals surface area contributed by atoms with Gasteiger partial charge >= 0.3 is 0 Å². The van der Waals surface area contributed by atoms with Crippen LogP contribution in [0.4, 0.5) is 0 Å². The molecule has 0 aromatic carbocycles. The fraction of sp³-hybridized carbons (Fsp3) is 0.800. The van der Waals surface area contributed by atoms with Crippen molar-refractivity contribution in [2.45, 2.75) is 12.7 Å². The van der Waals surface area contributed by atoms with E-state index < -0.39 is 6.29 Å². The molecule has 0 aromatic heterocycles. The van der Waals surface area contributed by atoms with E-state index in [1.807, 2.05) is 0 Å². The first-order valence-electron chi connectivity index (χ1n) is 2.62. The van der Waals surface area contributed by atoms with Crippen LogP contribution in [0, 0.1) is 0 Å². The molecule has 0 aromatic rings. The lowest BCUT2D eigenvalue weighted by atomic mass is 10.4. The number of methoxy groups -OCH3 is 1. The van der Waals surface area contributed by atoms with Gasteiger partial charge in [0, 0.05) is 14.2 Å². The standard InChI is InChI=1S/C5H11NO3/c1-6-4(7)3-5(8)9-2/h5,8H,3H2,1-2H3,(H,6,7). The molecule has 0 bridgehead atoms. The number of nitrogens with one attached hydrogen (secondary N) is 1. The van der Waals surface area contributed by atoms with Crippen LogP contribution in [0.2, 0.25) is 0 Å². The smallest absolute Gasteiger partial charge is 0.224 e. The van der Waals surface area contributed by atoms with Crippen molar-refractivity contribution in [3.63, 3.8) is 0 Å². The number of carbonyl (C=O) groups excluding carboxylic acids is 1. The second-order valence-corrected chi connectivity index (χ2v) is 1.57. The Kier molecular flexibility index (Phi) is 4.00. The van der Waals surface area contributed by atoms with Gasteiger partial charge in [-0.15, -0.1) is 0 Å². The van der Waals surface area contributed by atoms with Gasteiger partial charge in [0.05, 0.1) is 6.42 Å². The van der Waals surface area contributed by atoms with Crippen LogP contribution in [-0.4, -0.2) is 31.5 Å². The molecular weight excluding hydrogens is 122 g/mol. The molecule has 1 unspecified atom stereocenters. The summed E-state index contributed by atoms with van der Waals surface area (Å²) in [6, 6.07) is 0. The first-order chi connectivity index (χ1) is 4.20. The van der Waals surface area contributed by atoms with Crippen molar-refractivity contribution in [3.05, 3.63) is 0 Å². The maximum atomic E-state index is 10.4. The van der Waals surface area contributed by atoms with Crippen LogP contribution >= 0.6 is 0 Å². The van der Waals surface area contributed by atoms with E-state index >= 15 is 0 Å². The molecule has 54 valence electrons. The van der Waals surface area contributed by atoms with Gasteiger partial charge in [-0.25, -0.2) is 0 Å². The summed E-state index contributed by atoms with van der Waals surface area (Å²) < 4.78 is 4.42. The molecule has 9 heavy (non-hydrogen) atoms. The Hall–Kier alpha value is -0.610. The third-order valence-corrected chi connectivity index (χ3v) is 0.911. The lowest BCUT2D eigenvalue weighted by Gasteiger charge is -2.05. The zero-order valence-electron chi connectivity index (χ0n) is 5.55. The topological polar surface area (TPSA) is 58.6 Å². The number of amides is 1. The number of aliphatic hydroxyl groups excluding tert-OH is 1. The monoisotopic (exact) mass is 133 g/mol. The first-order valence-corrected chi connectivity index (χ1v) is 2.62. The number of hydrogen-bond donors (Lipinski definition) is 2. The SMILES string of the molecule is CNC(=O)CC(O)OC. The fourth-order valence-electron chi connectivity index (χ4n) is 0.344. The molecule has 0 aliphatic rings. The molecule has 0 aliphatic carbocycles. The van der Waals surface area contributed by atoms with E-state index in [2.05, 4.69) is 10.1 Å². The Labute approximate surface area is 53.8 Å². The number of rotatable bonds is 3. The van der Waals surface area contributed by atoms with Crippen LogP contribution in [0.15, 0.2) is 0 Å². The van der Waals surface area contributed by atoms with Crippen molar-refractivity contribution in [1.29, 1.82) is 0 Å². The quantitative estimate of drug-likeness (QED) is 0.490. The predicted molar refractivity (Wildman–Crippen MR) is 31.7 cm³/mol. The number of hydrogen-bond acceptors (Lipinski definition) is 3. The largest absolute Gasteiger partial charge is 0.368 e. The number of ether oxygens (including phenoxy) is 1. The molecule has 1 atom stereocenters. The van der Waals surface area contributed by atoms with Gasteiger partial charge in [0.15, 0.2) is 6.29 Å². The van der Waals surface area contributed by atoms with E-state index in [0.29, 0.717) is 0 Å². The van der Waals surface area contributed by atoms with Crippen LogP contribution in [0.3, 0.4) is 0 Å². The molecule has 0 saturated carbocycles. The number of carbonyl (C=O) groups is 1. The van der Waals surface area contributed by atoms with Crippen LogP contribution in [0.25, 0.3) is 0 Å². The summed E-state index contributed by atoms with van der Waals surface area (Å²) >= 11 is 0. The van der Waals surface area contributed by atoms with Crippen molar-refractivity contribution in [2.75, 3.05) is 14.2 Å². The van der Waals surface area contributed by atoms with Gasteiger partial charge in [-0.2, -0.15) is 0 Å². The van der Waals surface area contributed by atoms with E-state index in [4.69, 9.17) is 5.11 Å². The van der Waals surface area contributed by atoms with Crippen LogP contribution in [0.5, 0.6) is 0 Å². The minimum absolute atomic E-state index is 0.00694. The highest BCUT2D eigenvalue weighted by molar-refractivity contribution is 5.75. The highest BCUT2D eigenvalue weighted by Gasteiger charge is 2.05. The molecular formula is C5H11NO3. The molecule has 4 heteroatoms. The Balaban J connectivity index is 3.34. The zero-order chi connectivity index (χ0) is 7.28. The van der Waals surface area contributed by atoms with Gasteiger partial charge in [-0.1, -0.05) is 0 Å². The van der Waals surface area contributed by atoms with Crippen molar-refractivity contribution >= 4 is 5.91 Å². The summed E-state index contributed by atoms with van der Waals surface area (Å²) in [7, 11) is 2.85. The molecule has 4 nitrogen and oxygen atoms in total. The maximum absolute atomic E-state index is 10.4. The molecule has 0 rings (SSSR count). The molecule has 2 N–H and O–H groups in total. The molecule has 0 radical (unpaired) electrons. The van der Waals surface area contributed by atoms with E-state index in [9.17, 15) is 4.79 Å². The second-order valence-electron chi connectivity index (χ2n) is 1.57. The summed E-state index contributed by atoms with van der Waals surface area (Å²) in [6.45, 7) is 0. The highest BCUT2D eigenvalue weighted by Crippen LogP contribution is 1.89. The van der Waals surface area contributed by atoms with Crippen molar-refractivity contribution < 1.29 is 14.6 Å². The summed E-state index contributed by atoms with van der Waals surface area (Å²) in [4.78, 5) is 10.4. The summed E-state index contributed by atoms with van der Waals surface area (Å²) in [6.07, 6.45) is -0.988. The molecule has 0 saturated heterocycles. The van der Waals surface area contributed by atoms with Gasteiger partial charge < -0.3 is 15.2 Å². The average Bonchev–Trinajstić information content (AvgIpc) is 1.87. The third-order valence-electron chi connectivity index (χ3n) is 0.911. The number of aliphatic hydroxyl groups is 1. The fourth-order valence-corrected chi connectivity index (χ4v) is 0.344. The zero-order valence-corrected chi connectivity index (χ0v) is 5.55. The molecule has 0 aliphatic heterocycles. The molecule has 0 heterocycles. The van der Waals surface area contributed by atoms with Gasteiger partial charge in [0.1, 0.15) is 0 Å². The van der Waals surface area contributed by atoms with Crippen LogP contribution in [-0.2, 0) is 9.53 Å². The minimum Gasteiger partial charge on any atom is -0.368 e. The average molecular weight is 133 g/mol. The van der Waals surface area contributed by atoms with E-state index in [1.165, 1.54) is 14.2 Å². The molecule has 0 fully saturated rings. The van der Waals surface area contributed by atoms with Gasteiger partial charge in [-0.3, -0.25) is 4.79 Å². The summed E-state index contributed by atoms with van der Waals surface area (Å²) in [5.74, 6) is -0.232. The first kappa shape index (κ1) is 8.39. The highest BCUT2D eigenvalue weighted by atomic mass is 16.6. The Morgan fingerprint density at radius 1 is 1.89 bits per heavy atom. The summed E-state index contributed by atoms with van der Waals surface area (Å²) in [5, 5.41) is 11.0. The van der Waals surface area contributed by atoms with Crippen LogP contribution < -0.4 is 5.32 Å². The van der Waals surface area contributed by atoms with E-state index in [1.54, 1.807) is 0 Å². The Morgan fingerprint density at radius 2 is 2.44 bits per heavy atom. The Morgan fingerprint density at radius 3 is 2.78 bits per heavy atom. The van der Waals surface area contributed by atoms with Gasteiger partial charge in [-0.05, 0) is 0 Å². The van der Waals surface area contributed by atoms with E-state index in [-0.39, 0.29) is 12.3 Å².